The number of carbonyl (C=O) groups excluding carboxylic acids is 3. The van der Waals surface area contributed by atoms with E-state index in [2.05, 4.69) is 0 Å². The Bertz CT molecular complexity index is 1490. The lowest BCUT2D eigenvalue weighted by atomic mass is 9.77. The van der Waals surface area contributed by atoms with Crippen LogP contribution in [0.3, 0.4) is 0 Å². The highest BCUT2D eigenvalue weighted by molar-refractivity contribution is 6.29. The maximum atomic E-state index is 13.5. The topological polar surface area (TPSA) is 216 Å². The zero-order chi connectivity index (χ0) is 35.4. The Morgan fingerprint density at radius 2 is 1.33 bits per heavy atom. The first-order valence-electron chi connectivity index (χ1n) is 15.2. The predicted octanol–water partition coefficient (Wildman–Crippen LogP) is 3.26. The summed E-state index contributed by atoms with van der Waals surface area (Å²) in [7, 11) is 0. The van der Waals surface area contributed by atoms with Crippen molar-refractivity contribution in [2.24, 2.45) is 35.3 Å². The van der Waals surface area contributed by atoms with Crippen molar-refractivity contribution in [2.75, 3.05) is 0 Å². The number of phenolic OH excluding ortho intramolecular Hbond substituents is 1. The number of ketones is 3. The summed E-state index contributed by atoms with van der Waals surface area (Å²) in [6, 6.07) is 1.31. The van der Waals surface area contributed by atoms with Gasteiger partial charge in [-0.3, -0.25) is 14.4 Å². The van der Waals surface area contributed by atoms with Gasteiger partial charge in [-0.05, 0) is 38.0 Å². The standard InChI is InChI=1S/C35H47NO10/c1-15(10-9-11-16(2)35(45)46)28(38)20(6)32(42)22(8)33(43)21(7)29(39)17(3)12-18(4)30(40)27-26-23(13-19(5)31(27)41)34(44)24(36)14-25(26)37/h9-15,17,20-22,28-29,32-33,38-39,41-43H,36H2,1-8H3,(H,45,46)/t15-,17+,20+,21-,22+,28+,29-,32+,33-/m1/s1. The van der Waals surface area contributed by atoms with Gasteiger partial charge in [0, 0.05) is 52.4 Å². The minimum absolute atomic E-state index is 0.0799. The Kier molecular flexibility index (Phi) is 13.0. The number of fused-ring (bicyclic) bond motifs is 1. The number of rotatable bonds is 14. The van der Waals surface area contributed by atoms with E-state index in [1.54, 1.807) is 40.7 Å². The molecule has 8 N–H and O–H groups in total. The molecule has 1 aromatic rings. The molecular formula is C35H47NO10. The molecule has 0 radical (unpaired) electrons. The third-order valence-electron chi connectivity index (χ3n) is 9.04. The fraction of sp³-hybridized carbons (Fsp3) is 0.486. The number of aryl methyl sites for hydroxylation is 1. The molecule has 0 aliphatic heterocycles. The number of benzene rings is 1. The number of aliphatic hydroxyl groups is 4. The molecule has 0 fully saturated rings. The number of aliphatic hydroxyl groups excluding tert-OH is 4. The second kappa shape index (κ2) is 15.6. The highest BCUT2D eigenvalue weighted by Gasteiger charge is 2.38. The minimum Gasteiger partial charge on any atom is -0.507 e. The molecule has 0 unspecified atom stereocenters. The Balaban J connectivity index is 2.21. The first-order chi connectivity index (χ1) is 21.2. The van der Waals surface area contributed by atoms with Crippen molar-refractivity contribution in [3.63, 3.8) is 0 Å². The zero-order valence-corrected chi connectivity index (χ0v) is 27.6. The molecule has 0 spiro atoms. The molecule has 252 valence electrons. The number of carboxylic acids is 1. The average Bonchev–Trinajstić information content (AvgIpc) is 3.01. The van der Waals surface area contributed by atoms with E-state index in [0.29, 0.717) is 0 Å². The highest BCUT2D eigenvalue weighted by Crippen LogP contribution is 2.35. The van der Waals surface area contributed by atoms with Crippen LogP contribution in [0.25, 0.3) is 0 Å². The van der Waals surface area contributed by atoms with Gasteiger partial charge < -0.3 is 36.4 Å². The molecule has 0 heterocycles. The van der Waals surface area contributed by atoms with Crippen LogP contribution in [0.5, 0.6) is 5.75 Å². The summed E-state index contributed by atoms with van der Waals surface area (Å²) in [5.74, 6) is -6.96. The van der Waals surface area contributed by atoms with Crippen LogP contribution < -0.4 is 5.73 Å². The number of Topliss-reactive ketones (excluding diaryl/α,β-unsaturated/α-hetero) is 2. The van der Waals surface area contributed by atoms with Crippen LogP contribution in [-0.2, 0) is 4.79 Å². The van der Waals surface area contributed by atoms with Crippen LogP contribution in [0.1, 0.15) is 85.1 Å². The molecule has 1 aromatic carbocycles. The first-order valence-corrected chi connectivity index (χ1v) is 15.2. The smallest absolute Gasteiger partial charge is 0.331 e. The quantitative estimate of drug-likeness (QED) is 0.0889. The second-order valence-electron chi connectivity index (χ2n) is 12.6. The van der Waals surface area contributed by atoms with Crippen LogP contribution in [0.4, 0.5) is 0 Å². The Morgan fingerprint density at radius 3 is 1.85 bits per heavy atom. The lowest BCUT2D eigenvalue weighted by Gasteiger charge is -2.36. The summed E-state index contributed by atoms with van der Waals surface area (Å²) in [6.07, 6.45) is 2.32. The Labute approximate surface area is 269 Å². The third-order valence-corrected chi connectivity index (χ3v) is 9.04. The van der Waals surface area contributed by atoms with Gasteiger partial charge in [0.1, 0.15) is 5.75 Å². The van der Waals surface area contributed by atoms with E-state index in [9.17, 15) is 44.7 Å². The number of hydrogen-bond donors (Lipinski definition) is 7. The van der Waals surface area contributed by atoms with Gasteiger partial charge in [-0.2, -0.15) is 0 Å². The van der Waals surface area contributed by atoms with Crippen molar-refractivity contribution in [2.45, 2.75) is 79.8 Å². The van der Waals surface area contributed by atoms with Gasteiger partial charge in [-0.15, -0.1) is 0 Å². The summed E-state index contributed by atoms with van der Waals surface area (Å²) in [6.45, 7) is 12.5. The van der Waals surface area contributed by atoms with Gasteiger partial charge in [0.15, 0.2) is 11.6 Å². The maximum absolute atomic E-state index is 13.5. The molecule has 1 aliphatic rings. The van der Waals surface area contributed by atoms with Crippen molar-refractivity contribution in [1.29, 1.82) is 0 Å². The van der Waals surface area contributed by atoms with E-state index in [1.165, 1.54) is 45.1 Å². The van der Waals surface area contributed by atoms with Crippen molar-refractivity contribution < 1.29 is 49.8 Å². The summed E-state index contributed by atoms with van der Waals surface area (Å²) in [5, 5.41) is 63.8. The van der Waals surface area contributed by atoms with Crippen molar-refractivity contribution in [3.05, 3.63) is 75.5 Å². The SMILES string of the molecule is CC(=CC=C[C@@H](C)[C@H](O)[C@H](C)[C@H](O)[C@H](C)[C@H](O)[C@H](C)[C@H](O)[C@@H](C)C=C(C)C(=O)c1c(O)c(C)cc2c1C(=O)C=C(N)C2=O)C(=O)O. The summed E-state index contributed by atoms with van der Waals surface area (Å²) in [5.41, 5.74) is 5.15. The van der Waals surface area contributed by atoms with Crippen LogP contribution >= 0.6 is 0 Å². The fourth-order valence-corrected chi connectivity index (χ4v) is 5.75. The van der Waals surface area contributed by atoms with E-state index in [1.807, 2.05) is 0 Å². The van der Waals surface area contributed by atoms with Crippen LogP contribution in [0.2, 0.25) is 0 Å². The van der Waals surface area contributed by atoms with E-state index >= 15 is 0 Å². The molecule has 2 rings (SSSR count). The molecule has 11 nitrogen and oxygen atoms in total. The van der Waals surface area contributed by atoms with Gasteiger partial charge in [0.2, 0.25) is 5.78 Å². The lowest BCUT2D eigenvalue weighted by Crippen LogP contribution is -2.45. The summed E-state index contributed by atoms with van der Waals surface area (Å²) < 4.78 is 0. The molecule has 0 saturated heterocycles. The van der Waals surface area contributed by atoms with Gasteiger partial charge in [-0.1, -0.05) is 58.9 Å². The fourth-order valence-electron chi connectivity index (χ4n) is 5.75. The zero-order valence-electron chi connectivity index (χ0n) is 27.6. The van der Waals surface area contributed by atoms with Crippen LogP contribution in [0.15, 0.2) is 53.3 Å². The van der Waals surface area contributed by atoms with E-state index in [0.717, 1.165) is 6.08 Å². The van der Waals surface area contributed by atoms with Gasteiger partial charge in [0.05, 0.1) is 35.7 Å². The largest absolute Gasteiger partial charge is 0.507 e. The number of allylic oxidation sites excluding steroid dienone is 5. The minimum atomic E-state index is -1.22. The first kappa shape index (κ1) is 38.3. The van der Waals surface area contributed by atoms with E-state index in [4.69, 9.17) is 10.8 Å². The molecule has 0 bridgehead atoms. The predicted molar refractivity (Wildman–Crippen MR) is 172 cm³/mol. The van der Waals surface area contributed by atoms with E-state index < -0.39 is 83.1 Å². The highest BCUT2D eigenvalue weighted by atomic mass is 16.4. The normalized spacial score (nSPS) is 20.2. The molecule has 9 atom stereocenters. The molecule has 0 aromatic heterocycles. The molecule has 46 heavy (non-hydrogen) atoms. The number of carbonyl (C=O) groups is 4. The lowest BCUT2D eigenvalue weighted by molar-refractivity contribution is -0.132. The third kappa shape index (κ3) is 8.27. The molecular weight excluding hydrogens is 594 g/mol. The number of carboxylic acid groups (broad SMARTS) is 1. The number of nitrogens with two attached hydrogens (primary N) is 1. The number of hydrogen-bond acceptors (Lipinski definition) is 10. The Morgan fingerprint density at radius 1 is 0.826 bits per heavy atom. The van der Waals surface area contributed by atoms with Crippen LogP contribution in [0, 0.1) is 36.5 Å². The Hall–Kier alpha value is -3.90. The van der Waals surface area contributed by atoms with Crippen molar-refractivity contribution in [1.82, 2.24) is 0 Å². The molecule has 1 aliphatic carbocycles. The monoisotopic (exact) mass is 641 g/mol. The molecule has 0 amide bonds. The molecule has 0 saturated carbocycles. The molecule has 11 heteroatoms. The van der Waals surface area contributed by atoms with Crippen molar-refractivity contribution in [3.8, 4) is 5.75 Å². The van der Waals surface area contributed by atoms with E-state index in [-0.39, 0.29) is 39.1 Å². The maximum Gasteiger partial charge on any atom is 0.331 e. The summed E-state index contributed by atoms with van der Waals surface area (Å²) in [4.78, 5) is 49.9. The number of aromatic hydroxyl groups is 1. The average molecular weight is 642 g/mol. The van der Waals surface area contributed by atoms with Gasteiger partial charge in [0.25, 0.3) is 0 Å². The number of aliphatic carboxylic acids is 1. The van der Waals surface area contributed by atoms with Crippen LogP contribution in [-0.4, -0.2) is 78.4 Å². The number of phenols is 1. The van der Waals surface area contributed by atoms with Crippen molar-refractivity contribution >= 4 is 23.3 Å². The van der Waals surface area contributed by atoms with Gasteiger partial charge >= 0.3 is 5.97 Å². The van der Waals surface area contributed by atoms with Gasteiger partial charge in [-0.25, -0.2) is 4.79 Å². The summed E-state index contributed by atoms with van der Waals surface area (Å²) >= 11 is 0. The second-order valence-corrected chi connectivity index (χ2v) is 12.6.